The minimum atomic E-state index is -0.0222. The number of fused-ring (bicyclic) bond motifs is 1. The highest BCUT2D eigenvalue weighted by atomic mass is 16.1. The second-order valence-corrected chi connectivity index (χ2v) is 5.07. The van der Waals surface area contributed by atoms with E-state index in [0.717, 1.165) is 23.2 Å². The van der Waals surface area contributed by atoms with Crippen LogP contribution in [0, 0.1) is 0 Å². The number of para-hydroxylation sites is 2. The van der Waals surface area contributed by atoms with Crippen LogP contribution in [0.2, 0.25) is 0 Å². The molecule has 1 aromatic carbocycles. The Balaban J connectivity index is 2.57. The van der Waals surface area contributed by atoms with Crippen molar-refractivity contribution >= 4 is 16.7 Å². The first kappa shape index (κ1) is 15.1. The summed E-state index contributed by atoms with van der Waals surface area (Å²) in [5, 5.41) is 0. The van der Waals surface area contributed by atoms with Crippen molar-refractivity contribution in [1.29, 1.82) is 0 Å². The SMILES string of the molecule is C\C=C(/C=C\C(C)=C/CC)n1c(=O)n(C)c2ccccc21. The molecule has 3 heteroatoms. The zero-order chi connectivity index (χ0) is 15.4. The van der Waals surface area contributed by atoms with Crippen LogP contribution in [0.25, 0.3) is 16.7 Å². The van der Waals surface area contributed by atoms with Gasteiger partial charge in [-0.05, 0) is 38.5 Å². The first-order valence-electron chi connectivity index (χ1n) is 7.28. The molecule has 0 atom stereocenters. The molecule has 0 radical (unpaired) electrons. The number of hydrogen-bond donors (Lipinski definition) is 0. The quantitative estimate of drug-likeness (QED) is 0.775. The molecule has 0 spiro atoms. The van der Waals surface area contributed by atoms with Crippen LogP contribution in [0.15, 0.2) is 58.9 Å². The highest BCUT2D eigenvalue weighted by Crippen LogP contribution is 2.17. The van der Waals surface area contributed by atoms with Crippen molar-refractivity contribution < 1.29 is 0 Å². The topological polar surface area (TPSA) is 26.9 Å². The van der Waals surface area contributed by atoms with Crippen LogP contribution in [0.1, 0.15) is 27.2 Å². The van der Waals surface area contributed by atoms with Crippen molar-refractivity contribution in [3.8, 4) is 0 Å². The molecule has 2 aromatic rings. The predicted molar refractivity (Wildman–Crippen MR) is 90.3 cm³/mol. The third-order valence-electron chi connectivity index (χ3n) is 3.56. The van der Waals surface area contributed by atoms with Gasteiger partial charge in [-0.2, -0.15) is 0 Å². The summed E-state index contributed by atoms with van der Waals surface area (Å²) in [5.74, 6) is 0. The van der Waals surface area contributed by atoms with E-state index >= 15 is 0 Å². The van der Waals surface area contributed by atoms with E-state index in [4.69, 9.17) is 0 Å². The number of nitrogens with zero attached hydrogens (tertiary/aromatic N) is 2. The smallest absolute Gasteiger partial charge is 0.295 e. The highest BCUT2D eigenvalue weighted by Gasteiger charge is 2.11. The average Bonchev–Trinajstić information content (AvgIpc) is 2.74. The lowest BCUT2D eigenvalue weighted by molar-refractivity contribution is 0.855. The molecule has 0 aliphatic carbocycles. The molecule has 0 N–H and O–H groups in total. The fourth-order valence-electron chi connectivity index (χ4n) is 2.45. The number of hydrogen-bond acceptors (Lipinski definition) is 1. The van der Waals surface area contributed by atoms with Crippen molar-refractivity contribution in [2.45, 2.75) is 27.2 Å². The summed E-state index contributed by atoms with van der Waals surface area (Å²) < 4.78 is 3.44. The van der Waals surface area contributed by atoms with Crippen molar-refractivity contribution in [3.05, 3.63) is 64.6 Å². The minimum absolute atomic E-state index is 0.0222. The maximum atomic E-state index is 12.5. The zero-order valence-corrected chi connectivity index (χ0v) is 13.1. The summed E-state index contributed by atoms with van der Waals surface area (Å²) in [6.45, 7) is 6.13. The molecule has 0 fully saturated rings. The van der Waals surface area contributed by atoms with Gasteiger partial charge in [-0.15, -0.1) is 0 Å². The van der Waals surface area contributed by atoms with Gasteiger partial charge in [0.05, 0.1) is 11.0 Å². The first-order valence-corrected chi connectivity index (χ1v) is 7.28. The molecule has 3 nitrogen and oxygen atoms in total. The van der Waals surface area contributed by atoms with Crippen LogP contribution >= 0.6 is 0 Å². The van der Waals surface area contributed by atoms with Crippen molar-refractivity contribution in [1.82, 2.24) is 9.13 Å². The molecule has 21 heavy (non-hydrogen) atoms. The summed E-state index contributed by atoms with van der Waals surface area (Å²) in [4.78, 5) is 12.5. The number of rotatable bonds is 4. The van der Waals surface area contributed by atoms with Gasteiger partial charge in [0.1, 0.15) is 0 Å². The van der Waals surface area contributed by atoms with Crippen LogP contribution in [0.5, 0.6) is 0 Å². The monoisotopic (exact) mass is 282 g/mol. The molecule has 0 saturated heterocycles. The molecule has 1 heterocycles. The van der Waals surface area contributed by atoms with Gasteiger partial charge in [-0.3, -0.25) is 9.13 Å². The number of aryl methyl sites for hydroxylation is 1. The molecule has 0 aliphatic heterocycles. The lowest BCUT2D eigenvalue weighted by Crippen LogP contribution is -2.21. The summed E-state index contributed by atoms with van der Waals surface area (Å²) >= 11 is 0. The van der Waals surface area contributed by atoms with Gasteiger partial charge in [-0.1, -0.05) is 42.9 Å². The minimum Gasteiger partial charge on any atom is -0.295 e. The van der Waals surface area contributed by atoms with Crippen molar-refractivity contribution in [2.75, 3.05) is 0 Å². The highest BCUT2D eigenvalue weighted by molar-refractivity contribution is 5.81. The molecule has 0 bridgehead atoms. The van der Waals surface area contributed by atoms with Crippen LogP contribution in [-0.4, -0.2) is 9.13 Å². The third kappa shape index (κ3) is 2.92. The van der Waals surface area contributed by atoms with Gasteiger partial charge in [-0.25, -0.2) is 4.79 Å². The predicted octanol–water partition coefficient (Wildman–Crippen LogP) is 4.11. The Hall–Kier alpha value is -2.29. The number of imidazole rings is 1. The van der Waals surface area contributed by atoms with Gasteiger partial charge in [0.25, 0.3) is 0 Å². The van der Waals surface area contributed by atoms with E-state index in [0.29, 0.717) is 0 Å². The standard InChI is InChI=1S/C18H22N2O/c1-5-9-14(3)12-13-15(6-2)20-17-11-8-7-10-16(17)19(4)18(20)21/h6-13H,5H2,1-4H3/b13-12-,14-9-,15-6+. The van der Waals surface area contributed by atoms with Crippen molar-refractivity contribution in [3.63, 3.8) is 0 Å². The third-order valence-corrected chi connectivity index (χ3v) is 3.56. The number of allylic oxidation sites excluding steroid dienone is 6. The Morgan fingerprint density at radius 2 is 1.86 bits per heavy atom. The van der Waals surface area contributed by atoms with E-state index in [1.807, 2.05) is 49.4 Å². The Morgan fingerprint density at radius 3 is 2.48 bits per heavy atom. The van der Waals surface area contributed by atoms with Gasteiger partial charge in [0, 0.05) is 12.7 Å². The summed E-state index contributed by atoms with van der Waals surface area (Å²) in [5.41, 5.74) is 3.94. The Morgan fingerprint density at radius 1 is 1.19 bits per heavy atom. The summed E-state index contributed by atoms with van der Waals surface area (Å²) in [7, 11) is 1.81. The summed E-state index contributed by atoms with van der Waals surface area (Å²) in [6.07, 6.45) is 9.18. The van der Waals surface area contributed by atoms with E-state index in [1.165, 1.54) is 5.57 Å². The van der Waals surface area contributed by atoms with E-state index in [9.17, 15) is 4.79 Å². The van der Waals surface area contributed by atoms with Crippen LogP contribution in [-0.2, 0) is 7.05 Å². The Bertz CT molecular complexity index is 785. The molecule has 2 rings (SSSR count). The fraction of sp³-hybridized carbons (Fsp3) is 0.278. The fourth-order valence-corrected chi connectivity index (χ4v) is 2.45. The zero-order valence-electron chi connectivity index (χ0n) is 13.1. The van der Waals surface area contributed by atoms with E-state index in [2.05, 4.69) is 19.9 Å². The molecule has 1 aromatic heterocycles. The molecule has 0 unspecified atom stereocenters. The number of benzene rings is 1. The molecule has 0 amide bonds. The van der Waals surface area contributed by atoms with Gasteiger partial charge < -0.3 is 0 Å². The Kier molecular flexibility index (Phi) is 4.63. The first-order chi connectivity index (χ1) is 10.1. The second kappa shape index (κ2) is 6.44. The number of aromatic nitrogens is 2. The van der Waals surface area contributed by atoms with Crippen LogP contribution in [0.3, 0.4) is 0 Å². The maximum absolute atomic E-state index is 12.5. The summed E-state index contributed by atoms with van der Waals surface area (Å²) in [6, 6.07) is 7.85. The second-order valence-electron chi connectivity index (χ2n) is 5.07. The largest absolute Gasteiger partial charge is 0.333 e. The van der Waals surface area contributed by atoms with E-state index < -0.39 is 0 Å². The van der Waals surface area contributed by atoms with Crippen LogP contribution in [0.4, 0.5) is 0 Å². The Labute approximate surface area is 125 Å². The lowest BCUT2D eigenvalue weighted by atomic mass is 10.2. The molecule has 0 saturated carbocycles. The van der Waals surface area contributed by atoms with Gasteiger partial charge in [0.2, 0.25) is 0 Å². The van der Waals surface area contributed by atoms with Crippen molar-refractivity contribution in [2.24, 2.45) is 7.05 Å². The van der Waals surface area contributed by atoms with E-state index in [1.54, 1.807) is 16.2 Å². The van der Waals surface area contributed by atoms with Gasteiger partial charge in [0.15, 0.2) is 0 Å². The lowest BCUT2D eigenvalue weighted by Gasteiger charge is -2.04. The normalized spacial score (nSPS) is 13.5. The van der Waals surface area contributed by atoms with E-state index in [-0.39, 0.29) is 5.69 Å². The molecular formula is C18H22N2O. The average molecular weight is 282 g/mol. The molecule has 0 aliphatic rings. The van der Waals surface area contributed by atoms with Gasteiger partial charge >= 0.3 is 5.69 Å². The van der Waals surface area contributed by atoms with Crippen LogP contribution < -0.4 is 5.69 Å². The maximum Gasteiger partial charge on any atom is 0.333 e. The molecule has 110 valence electrons. The molecular weight excluding hydrogens is 260 g/mol.